The topological polar surface area (TPSA) is 106 Å². The maximum Gasteiger partial charge on any atom is 0.254 e. The number of rotatable bonds is 6. The summed E-state index contributed by atoms with van der Waals surface area (Å²) in [7, 11) is 7.58. The van der Waals surface area contributed by atoms with Crippen molar-refractivity contribution in [3.8, 4) is 39.4 Å². The van der Waals surface area contributed by atoms with Crippen LogP contribution in [0.5, 0.6) is 5.75 Å². The molecule has 1 aliphatic heterocycles. The van der Waals surface area contributed by atoms with Crippen molar-refractivity contribution < 1.29 is 9.53 Å². The maximum absolute atomic E-state index is 13.2. The van der Waals surface area contributed by atoms with Crippen molar-refractivity contribution >= 4 is 17.5 Å². The van der Waals surface area contributed by atoms with Gasteiger partial charge in [-0.1, -0.05) is 24.3 Å². The number of nitrogens with zero attached hydrogens (tertiary/aromatic N) is 8. The minimum Gasteiger partial charge on any atom is -0.495 e. The second-order valence-electron chi connectivity index (χ2n) is 11.5. The third-order valence-corrected chi connectivity index (χ3v) is 8.53. The Bertz CT molecular complexity index is 1850. The second-order valence-corrected chi connectivity index (χ2v) is 11.5. The predicted octanol–water partition coefficient (Wildman–Crippen LogP) is 4.18. The number of aromatic nitrogens is 6. The molecular formula is C33H35N9O2. The van der Waals surface area contributed by atoms with Crippen LogP contribution in [0.15, 0.2) is 61.1 Å². The van der Waals surface area contributed by atoms with Crippen LogP contribution in [0.3, 0.4) is 0 Å². The zero-order chi connectivity index (χ0) is 30.4. The van der Waals surface area contributed by atoms with Crippen molar-refractivity contribution in [1.29, 1.82) is 0 Å². The number of ether oxygens (including phenoxy) is 1. The molecule has 11 nitrogen and oxygen atoms in total. The number of nitrogens with one attached hydrogen (secondary N) is 1. The maximum atomic E-state index is 13.2. The van der Waals surface area contributed by atoms with Crippen molar-refractivity contribution in [3.63, 3.8) is 0 Å². The number of aryl methyl sites for hydroxylation is 4. The lowest BCUT2D eigenvalue weighted by molar-refractivity contribution is 0.0664. The van der Waals surface area contributed by atoms with Crippen LogP contribution in [0.2, 0.25) is 0 Å². The van der Waals surface area contributed by atoms with Gasteiger partial charge in [0.05, 0.1) is 36.1 Å². The van der Waals surface area contributed by atoms with Gasteiger partial charge in [-0.05, 0) is 49.2 Å². The number of fused-ring (bicyclic) bond motifs is 3. The highest BCUT2D eigenvalue weighted by molar-refractivity contribution is 5.95. The number of hydrogen-bond donors (Lipinski definition) is 1. The largest absolute Gasteiger partial charge is 0.495 e. The minimum absolute atomic E-state index is 0.0121. The van der Waals surface area contributed by atoms with E-state index in [9.17, 15) is 4.79 Å². The Labute approximate surface area is 256 Å². The lowest BCUT2D eigenvalue weighted by Crippen LogP contribution is -2.47. The molecule has 4 heterocycles. The molecule has 5 aromatic rings. The van der Waals surface area contributed by atoms with Crippen molar-refractivity contribution in [2.45, 2.75) is 12.8 Å². The first kappa shape index (κ1) is 27.8. The Morgan fingerprint density at radius 2 is 1.68 bits per heavy atom. The zero-order valence-corrected chi connectivity index (χ0v) is 25.4. The molecule has 0 unspecified atom stereocenters. The Morgan fingerprint density at radius 3 is 2.41 bits per heavy atom. The van der Waals surface area contributed by atoms with E-state index >= 15 is 0 Å². The fourth-order valence-corrected chi connectivity index (χ4v) is 6.08. The van der Waals surface area contributed by atoms with E-state index in [1.165, 1.54) is 0 Å². The molecule has 224 valence electrons. The average molecular weight is 590 g/mol. The summed E-state index contributed by atoms with van der Waals surface area (Å²) in [4.78, 5) is 26.9. The number of methoxy groups -OCH3 is 1. The smallest absolute Gasteiger partial charge is 0.254 e. The molecule has 11 heteroatoms. The Balaban J connectivity index is 1.18. The average Bonchev–Trinajstić information content (AvgIpc) is 3.63. The summed E-state index contributed by atoms with van der Waals surface area (Å²) >= 11 is 0. The molecule has 0 atom stereocenters. The van der Waals surface area contributed by atoms with Crippen molar-refractivity contribution in [1.82, 2.24) is 39.3 Å². The third-order valence-electron chi connectivity index (χ3n) is 8.53. The first-order valence-corrected chi connectivity index (χ1v) is 14.8. The van der Waals surface area contributed by atoms with E-state index < -0.39 is 0 Å². The number of benzene rings is 2. The highest BCUT2D eigenvalue weighted by Crippen LogP contribution is 2.40. The Hall–Kier alpha value is -5.03. The number of amides is 1. The van der Waals surface area contributed by atoms with Gasteiger partial charge in [-0.3, -0.25) is 14.2 Å². The summed E-state index contributed by atoms with van der Waals surface area (Å²) in [5, 5.41) is 12.5. The number of carbonyl (C=O) groups excluding carboxylic acids is 1. The van der Waals surface area contributed by atoms with Crippen molar-refractivity contribution in [2.75, 3.05) is 45.7 Å². The van der Waals surface area contributed by atoms with Crippen LogP contribution in [0, 0.1) is 0 Å². The minimum atomic E-state index is 0.0121. The highest BCUT2D eigenvalue weighted by Gasteiger charge is 2.27. The number of piperazine rings is 1. The summed E-state index contributed by atoms with van der Waals surface area (Å²) in [6.07, 6.45) is 7.43. The van der Waals surface area contributed by atoms with E-state index in [1.54, 1.807) is 17.9 Å². The zero-order valence-electron chi connectivity index (χ0n) is 25.4. The standard InChI is InChI=1S/C33H35N9O2/c1-39-13-15-42(16-14-39)32(43)23-9-11-26(28(17-23)44-4)36-33-34-18-24-10-12-27-29(30(24)37-33)31(41(3)38-27)22-7-5-21(6-8-22)25-19-35-40(2)20-25/h5-9,11,17-20H,10,12-16H2,1-4H3,(H,34,36,37). The first-order chi connectivity index (χ1) is 21.4. The molecule has 2 aromatic carbocycles. The number of carbonyl (C=O) groups is 1. The number of anilines is 2. The number of likely N-dealkylation sites (N-methyl/N-ethyl adjacent to an activating group) is 1. The van der Waals surface area contributed by atoms with Gasteiger partial charge in [0, 0.05) is 74.9 Å². The van der Waals surface area contributed by atoms with Gasteiger partial charge in [0.25, 0.3) is 5.91 Å². The summed E-state index contributed by atoms with van der Waals surface area (Å²) in [6, 6.07) is 14.0. The van der Waals surface area contributed by atoms with Gasteiger partial charge < -0.3 is 19.9 Å². The van der Waals surface area contributed by atoms with E-state index in [0.717, 1.165) is 70.8 Å². The molecule has 0 spiro atoms. The molecule has 1 saturated heterocycles. The van der Waals surface area contributed by atoms with E-state index in [-0.39, 0.29) is 5.91 Å². The molecule has 7 rings (SSSR count). The van der Waals surface area contributed by atoms with E-state index in [0.29, 0.717) is 36.0 Å². The van der Waals surface area contributed by atoms with E-state index in [4.69, 9.17) is 14.8 Å². The molecule has 1 amide bonds. The summed E-state index contributed by atoms with van der Waals surface area (Å²) in [5.74, 6) is 1.02. The molecule has 0 radical (unpaired) electrons. The molecule has 3 aromatic heterocycles. The van der Waals surface area contributed by atoms with Crippen LogP contribution in [0.25, 0.3) is 33.6 Å². The third kappa shape index (κ3) is 5.09. The molecule has 1 N–H and O–H groups in total. The van der Waals surface area contributed by atoms with Crippen LogP contribution in [0.1, 0.15) is 21.6 Å². The lowest BCUT2D eigenvalue weighted by Gasteiger charge is -2.32. The lowest BCUT2D eigenvalue weighted by atomic mass is 9.91. The summed E-state index contributed by atoms with van der Waals surface area (Å²) < 4.78 is 9.45. The second kappa shape index (κ2) is 11.2. The van der Waals surface area contributed by atoms with Gasteiger partial charge >= 0.3 is 0 Å². The summed E-state index contributed by atoms with van der Waals surface area (Å²) in [6.45, 7) is 3.17. The van der Waals surface area contributed by atoms with Crippen LogP contribution >= 0.6 is 0 Å². The van der Waals surface area contributed by atoms with Crippen LogP contribution < -0.4 is 10.1 Å². The SMILES string of the molecule is COc1cc(C(=O)N2CCN(C)CC2)ccc1Nc1ncc2c(n1)-c1c(nn(C)c1-c1ccc(-c3cnn(C)c3)cc1)CC2. The van der Waals surface area contributed by atoms with Crippen molar-refractivity contribution in [3.05, 3.63) is 77.9 Å². The molecule has 2 aliphatic rings. The molecular weight excluding hydrogens is 554 g/mol. The predicted molar refractivity (Wildman–Crippen MR) is 169 cm³/mol. The quantitative estimate of drug-likeness (QED) is 0.315. The van der Waals surface area contributed by atoms with E-state index in [2.05, 4.69) is 51.6 Å². The first-order valence-electron chi connectivity index (χ1n) is 14.8. The summed E-state index contributed by atoms with van der Waals surface area (Å²) in [5.41, 5.74) is 9.59. The Kier molecular flexibility index (Phi) is 7.09. The van der Waals surface area contributed by atoms with Gasteiger partial charge in [-0.15, -0.1) is 0 Å². The van der Waals surface area contributed by atoms with Crippen LogP contribution in [0.4, 0.5) is 11.6 Å². The van der Waals surface area contributed by atoms with Gasteiger partial charge in [0.1, 0.15) is 5.75 Å². The Morgan fingerprint density at radius 1 is 0.909 bits per heavy atom. The van der Waals surface area contributed by atoms with Crippen LogP contribution in [-0.4, -0.2) is 85.6 Å². The van der Waals surface area contributed by atoms with Gasteiger partial charge in [-0.25, -0.2) is 9.97 Å². The number of hydrogen-bond acceptors (Lipinski definition) is 8. The molecule has 0 bridgehead atoms. The van der Waals surface area contributed by atoms with Crippen molar-refractivity contribution in [2.24, 2.45) is 14.1 Å². The fourth-order valence-electron chi connectivity index (χ4n) is 6.08. The van der Waals surface area contributed by atoms with Crippen LogP contribution in [-0.2, 0) is 26.9 Å². The normalized spacial score (nSPS) is 14.7. The monoisotopic (exact) mass is 589 g/mol. The van der Waals surface area contributed by atoms with Gasteiger partial charge in [0.15, 0.2) is 0 Å². The molecule has 44 heavy (non-hydrogen) atoms. The van der Waals surface area contributed by atoms with E-state index in [1.807, 2.05) is 54.4 Å². The fraction of sp³-hybridized carbons (Fsp3) is 0.303. The highest BCUT2D eigenvalue weighted by atomic mass is 16.5. The molecule has 1 fully saturated rings. The molecule has 0 saturated carbocycles. The van der Waals surface area contributed by atoms with Gasteiger partial charge in [-0.2, -0.15) is 10.2 Å². The molecule has 1 aliphatic carbocycles. The van der Waals surface area contributed by atoms with Gasteiger partial charge in [0.2, 0.25) is 5.95 Å².